The van der Waals surface area contributed by atoms with Crippen molar-refractivity contribution in [3.63, 3.8) is 0 Å². The average molecular weight is 326 g/mol. The molecule has 0 atom stereocenters. The van der Waals surface area contributed by atoms with Crippen LogP contribution in [0.15, 0.2) is 47.8 Å². The zero-order valence-electron chi connectivity index (χ0n) is 12.8. The molecule has 1 N–H and O–H groups in total. The van der Waals surface area contributed by atoms with Crippen molar-refractivity contribution in [1.82, 2.24) is 4.98 Å². The van der Waals surface area contributed by atoms with Crippen LogP contribution in [0.2, 0.25) is 0 Å². The van der Waals surface area contributed by atoms with E-state index in [1.165, 1.54) is 12.1 Å². The third-order valence-electron chi connectivity index (χ3n) is 3.51. The van der Waals surface area contributed by atoms with Gasteiger partial charge in [-0.15, -0.1) is 11.3 Å². The van der Waals surface area contributed by atoms with E-state index in [1.807, 2.05) is 31.4 Å². The molecule has 0 bridgehead atoms. The Balaban J connectivity index is 1.79. The zero-order chi connectivity index (χ0) is 16.4. The van der Waals surface area contributed by atoms with Crippen LogP contribution in [0.25, 0.3) is 11.3 Å². The number of rotatable bonds is 3. The van der Waals surface area contributed by atoms with Crippen molar-refractivity contribution in [2.45, 2.75) is 13.8 Å². The number of amides is 1. The van der Waals surface area contributed by atoms with Crippen LogP contribution in [0, 0.1) is 19.7 Å². The van der Waals surface area contributed by atoms with E-state index in [-0.39, 0.29) is 11.7 Å². The Morgan fingerprint density at radius 2 is 1.87 bits per heavy atom. The molecule has 0 aliphatic carbocycles. The van der Waals surface area contributed by atoms with Crippen molar-refractivity contribution < 1.29 is 9.18 Å². The smallest absolute Gasteiger partial charge is 0.255 e. The number of halogens is 1. The SMILES string of the molecule is Cc1nc(-c2ccc(C(=O)Nc3cc(F)ccc3C)cc2)cs1. The van der Waals surface area contributed by atoms with Crippen molar-refractivity contribution >= 4 is 22.9 Å². The van der Waals surface area contributed by atoms with Gasteiger partial charge in [-0.05, 0) is 43.7 Å². The summed E-state index contributed by atoms with van der Waals surface area (Å²) in [5.41, 5.74) is 3.68. The van der Waals surface area contributed by atoms with Gasteiger partial charge in [0.1, 0.15) is 5.82 Å². The van der Waals surface area contributed by atoms with Gasteiger partial charge < -0.3 is 5.32 Å². The van der Waals surface area contributed by atoms with E-state index in [2.05, 4.69) is 10.3 Å². The van der Waals surface area contributed by atoms with E-state index in [4.69, 9.17) is 0 Å². The molecule has 0 saturated heterocycles. The molecule has 0 radical (unpaired) electrons. The van der Waals surface area contributed by atoms with Crippen LogP contribution in [0.5, 0.6) is 0 Å². The number of carbonyl (C=O) groups excluding carboxylic acids is 1. The predicted octanol–water partition coefficient (Wildman–Crippen LogP) is 4.82. The maximum absolute atomic E-state index is 13.3. The number of nitrogens with one attached hydrogen (secondary N) is 1. The topological polar surface area (TPSA) is 42.0 Å². The largest absolute Gasteiger partial charge is 0.322 e. The third kappa shape index (κ3) is 3.46. The Labute approximate surface area is 137 Å². The first-order valence-electron chi connectivity index (χ1n) is 7.13. The van der Waals surface area contributed by atoms with Gasteiger partial charge in [-0.3, -0.25) is 4.79 Å². The molecule has 116 valence electrons. The highest BCUT2D eigenvalue weighted by atomic mass is 32.1. The molecule has 1 amide bonds. The Hall–Kier alpha value is -2.53. The highest BCUT2D eigenvalue weighted by Gasteiger charge is 2.09. The summed E-state index contributed by atoms with van der Waals surface area (Å²) in [6.45, 7) is 3.78. The fraction of sp³-hybridized carbons (Fsp3) is 0.111. The predicted molar refractivity (Wildman–Crippen MR) is 91.4 cm³/mol. The number of benzene rings is 2. The second-order valence-corrected chi connectivity index (χ2v) is 6.30. The molecule has 0 unspecified atom stereocenters. The van der Waals surface area contributed by atoms with E-state index in [0.717, 1.165) is 21.8 Å². The first-order chi connectivity index (χ1) is 11.0. The molecule has 0 aliphatic rings. The molecule has 23 heavy (non-hydrogen) atoms. The highest BCUT2D eigenvalue weighted by Crippen LogP contribution is 2.22. The lowest BCUT2D eigenvalue weighted by Crippen LogP contribution is -2.12. The molecule has 2 aromatic carbocycles. The minimum Gasteiger partial charge on any atom is -0.322 e. The zero-order valence-corrected chi connectivity index (χ0v) is 13.6. The van der Waals surface area contributed by atoms with E-state index in [0.29, 0.717) is 11.3 Å². The summed E-state index contributed by atoms with van der Waals surface area (Å²) in [5, 5.41) is 5.73. The minimum absolute atomic E-state index is 0.264. The molecule has 1 heterocycles. The number of hydrogen-bond acceptors (Lipinski definition) is 3. The first-order valence-corrected chi connectivity index (χ1v) is 8.01. The lowest BCUT2D eigenvalue weighted by Gasteiger charge is -2.09. The second kappa shape index (κ2) is 6.30. The third-order valence-corrected chi connectivity index (χ3v) is 4.28. The molecule has 3 nitrogen and oxygen atoms in total. The van der Waals surface area contributed by atoms with Crippen molar-refractivity contribution in [1.29, 1.82) is 0 Å². The maximum atomic E-state index is 13.3. The van der Waals surface area contributed by atoms with Crippen LogP contribution in [0.4, 0.5) is 10.1 Å². The summed E-state index contributed by atoms with van der Waals surface area (Å²) in [4.78, 5) is 16.7. The summed E-state index contributed by atoms with van der Waals surface area (Å²) >= 11 is 1.59. The summed E-state index contributed by atoms with van der Waals surface area (Å²) in [7, 11) is 0. The van der Waals surface area contributed by atoms with Gasteiger partial charge in [-0.2, -0.15) is 0 Å². The molecular formula is C18H15FN2OS. The monoisotopic (exact) mass is 326 g/mol. The fourth-order valence-electron chi connectivity index (χ4n) is 2.21. The van der Waals surface area contributed by atoms with Crippen LogP contribution < -0.4 is 5.32 Å². The maximum Gasteiger partial charge on any atom is 0.255 e. The lowest BCUT2D eigenvalue weighted by molar-refractivity contribution is 0.102. The second-order valence-electron chi connectivity index (χ2n) is 5.24. The number of thiazole rings is 1. The Kier molecular flexibility index (Phi) is 4.21. The molecule has 0 saturated carbocycles. The minimum atomic E-state index is -0.375. The van der Waals surface area contributed by atoms with Crippen molar-refractivity contribution in [3.8, 4) is 11.3 Å². The summed E-state index contributed by atoms with van der Waals surface area (Å²) in [6.07, 6.45) is 0. The van der Waals surface area contributed by atoms with E-state index in [9.17, 15) is 9.18 Å². The van der Waals surface area contributed by atoms with Gasteiger partial charge in [-0.1, -0.05) is 18.2 Å². The van der Waals surface area contributed by atoms with Crippen LogP contribution >= 0.6 is 11.3 Å². The lowest BCUT2D eigenvalue weighted by atomic mass is 10.1. The molecule has 0 fully saturated rings. The summed E-state index contributed by atoms with van der Waals surface area (Å²) in [6, 6.07) is 11.5. The molecule has 0 spiro atoms. The van der Waals surface area contributed by atoms with Crippen molar-refractivity contribution in [2.24, 2.45) is 0 Å². The van der Waals surface area contributed by atoms with E-state index < -0.39 is 0 Å². The number of hydrogen-bond donors (Lipinski definition) is 1. The number of anilines is 1. The number of nitrogens with zero attached hydrogens (tertiary/aromatic N) is 1. The van der Waals surface area contributed by atoms with Crippen LogP contribution in [-0.4, -0.2) is 10.9 Å². The van der Waals surface area contributed by atoms with Crippen LogP contribution in [0.3, 0.4) is 0 Å². The Morgan fingerprint density at radius 1 is 1.13 bits per heavy atom. The molecule has 5 heteroatoms. The highest BCUT2D eigenvalue weighted by molar-refractivity contribution is 7.09. The molecule has 3 rings (SSSR count). The summed E-state index contributed by atoms with van der Waals surface area (Å²) < 4.78 is 13.3. The Morgan fingerprint density at radius 3 is 2.52 bits per heavy atom. The number of aryl methyl sites for hydroxylation is 2. The molecular weight excluding hydrogens is 311 g/mol. The molecule has 0 aliphatic heterocycles. The van der Waals surface area contributed by atoms with Gasteiger partial charge in [0.2, 0.25) is 0 Å². The quantitative estimate of drug-likeness (QED) is 0.750. The van der Waals surface area contributed by atoms with Gasteiger partial charge in [-0.25, -0.2) is 9.37 Å². The van der Waals surface area contributed by atoms with Gasteiger partial charge in [0.05, 0.1) is 10.7 Å². The number of aromatic nitrogens is 1. The van der Waals surface area contributed by atoms with Crippen molar-refractivity contribution in [3.05, 3.63) is 69.8 Å². The van der Waals surface area contributed by atoms with E-state index in [1.54, 1.807) is 29.5 Å². The van der Waals surface area contributed by atoms with Gasteiger partial charge in [0.15, 0.2) is 0 Å². The summed E-state index contributed by atoms with van der Waals surface area (Å²) in [5.74, 6) is -0.639. The normalized spacial score (nSPS) is 10.6. The standard InChI is InChI=1S/C18H15FN2OS/c1-11-3-8-15(19)9-16(11)21-18(22)14-6-4-13(5-7-14)17-10-23-12(2)20-17/h3-10H,1-2H3,(H,21,22). The molecule has 1 aromatic heterocycles. The van der Waals surface area contributed by atoms with Crippen LogP contribution in [-0.2, 0) is 0 Å². The van der Waals surface area contributed by atoms with Gasteiger partial charge in [0, 0.05) is 22.2 Å². The first kappa shape index (κ1) is 15.4. The van der Waals surface area contributed by atoms with Crippen molar-refractivity contribution in [2.75, 3.05) is 5.32 Å². The fourth-order valence-corrected chi connectivity index (χ4v) is 2.83. The molecule has 3 aromatic rings. The average Bonchev–Trinajstić information content (AvgIpc) is 2.97. The van der Waals surface area contributed by atoms with E-state index >= 15 is 0 Å². The number of carbonyl (C=O) groups is 1. The van der Waals surface area contributed by atoms with Gasteiger partial charge >= 0.3 is 0 Å². The Bertz CT molecular complexity index is 856. The van der Waals surface area contributed by atoms with Gasteiger partial charge in [0.25, 0.3) is 5.91 Å². The van der Waals surface area contributed by atoms with Crippen LogP contribution in [0.1, 0.15) is 20.9 Å².